The van der Waals surface area contributed by atoms with Crippen molar-refractivity contribution in [2.75, 3.05) is 18.4 Å². The van der Waals surface area contributed by atoms with Crippen LogP contribution in [-0.4, -0.2) is 51.3 Å². The second-order valence-electron chi connectivity index (χ2n) is 9.28. The Morgan fingerprint density at radius 3 is 2.43 bits per heavy atom. The molecule has 1 fully saturated rings. The molecular weight excluding hydrogens is 506 g/mol. The van der Waals surface area contributed by atoms with Gasteiger partial charge in [0.05, 0.1) is 42.5 Å². The number of anilines is 2. The van der Waals surface area contributed by atoms with Gasteiger partial charge in [-0.15, -0.1) is 11.3 Å². The number of aromatic nitrogens is 1. The largest absolute Gasteiger partial charge is 0.465 e. The number of likely N-dealkylation sites (tertiary alicyclic amines) is 1. The maximum atomic E-state index is 14.9. The number of hydrogen-bond acceptors (Lipinski definition) is 7. The van der Waals surface area contributed by atoms with Crippen molar-refractivity contribution < 1.29 is 33.3 Å². The first-order chi connectivity index (χ1) is 17.3. The number of benzene rings is 1. The minimum atomic E-state index is -1.43. The average molecular weight is 533 g/mol. The number of carbonyl (C=O) groups excluding carboxylic acids is 1. The second-order valence-corrected chi connectivity index (χ2v) is 10.3. The molecule has 1 aliphatic heterocycles. The van der Waals surface area contributed by atoms with Crippen molar-refractivity contribution in [3.05, 3.63) is 64.4 Å². The Balaban J connectivity index is 1.53. The van der Waals surface area contributed by atoms with Crippen LogP contribution in [0.25, 0.3) is 10.4 Å². The standard InChI is InChI=1S/C25H26F2N4O5S/c1-12-13(11-36-15-9-31(10-15)24(33)34)4-5-20(29-12)30-23-16(22(28)32)8-19(37-23)21-17(26)6-14(7-18(21)27)25(2,3)35/h4-8,15,35H,9-11H2,1-3H3,(H2,28,32)(H,29,30)(H,33,34). The third-order valence-corrected chi connectivity index (χ3v) is 7.09. The van der Waals surface area contributed by atoms with Gasteiger partial charge in [-0.1, -0.05) is 6.07 Å². The van der Waals surface area contributed by atoms with Crippen molar-refractivity contribution in [1.29, 1.82) is 0 Å². The van der Waals surface area contributed by atoms with Crippen LogP contribution in [0.5, 0.6) is 0 Å². The summed E-state index contributed by atoms with van der Waals surface area (Å²) in [6.45, 7) is 5.52. The summed E-state index contributed by atoms with van der Waals surface area (Å²) >= 11 is 0.943. The number of rotatable bonds is 8. The number of halogens is 2. The number of pyridine rings is 1. The molecule has 3 heterocycles. The molecule has 0 bridgehead atoms. The Labute approximate surface area is 215 Å². The third kappa shape index (κ3) is 5.71. The fourth-order valence-corrected chi connectivity index (χ4v) is 4.91. The maximum absolute atomic E-state index is 14.9. The number of nitrogens with two attached hydrogens (primary N) is 1. The summed E-state index contributed by atoms with van der Waals surface area (Å²) in [6.07, 6.45) is -1.15. The molecule has 0 atom stereocenters. The molecule has 0 radical (unpaired) electrons. The van der Waals surface area contributed by atoms with Crippen molar-refractivity contribution in [1.82, 2.24) is 9.88 Å². The van der Waals surface area contributed by atoms with Crippen LogP contribution in [0.3, 0.4) is 0 Å². The fraction of sp³-hybridized carbons (Fsp3) is 0.320. The molecule has 196 valence electrons. The van der Waals surface area contributed by atoms with Gasteiger partial charge >= 0.3 is 6.09 Å². The van der Waals surface area contributed by atoms with Crippen molar-refractivity contribution in [3.8, 4) is 10.4 Å². The summed E-state index contributed by atoms with van der Waals surface area (Å²) in [6, 6.07) is 6.88. The number of hydrogen-bond donors (Lipinski definition) is 4. The van der Waals surface area contributed by atoms with Crippen molar-refractivity contribution >= 4 is 34.2 Å². The smallest absolute Gasteiger partial charge is 0.407 e. The lowest BCUT2D eigenvalue weighted by molar-refractivity contribution is -0.0524. The highest BCUT2D eigenvalue weighted by Gasteiger charge is 2.31. The van der Waals surface area contributed by atoms with Gasteiger partial charge in [-0.05, 0) is 56.2 Å². The van der Waals surface area contributed by atoms with Crippen LogP contribution >= 0.6 is 11.3 Å². The summed E-state index contributed by atoms with van der Waals surface area (Å²) in [5, 5.41) is 22.3. The molecule has 0 aliphatic carbocycles. The van der Waals surface area contributed by atoms with E-state index in [1.807, 2.05) is 0 Å². The van der Waals surface area contributed by atoms with E-state index < -0.39 is 29.2 Å². The molecule has 9 nitrogen and oxygen atoms in total. The van der Waals surface area contributed by atoms with Crippen LogP contribution in [0.2, 0.25) is 0 Å². The molecule has 1 aromatic carbocycles. The van der Waals surface area contributed by atoms with E-state index in [1.165, 1.54) is 24.8 Å². The number of primary amides is 1. The molecule has 37 heavy (non-hydrogen) atoms. The van der Waals surface area contributed by atoms with Gasteiger partial charge in [-0.25, -0.2) is 18.6 Å². The van der Waals surface area contributed by atoms with Crippen LogP contribution in [0.15, 0.2) is 30.3 Å². The zero-order valence-corrected chi connectivity index (χ0v) is 21.2. The number of aryl methyl sites for hydroxylation is 1. The number of carbonyl (C=O) groups is 2. The molecule has 0 spiro atoms. The van der Waals surface area contributed by atoms with E-state index in [9.17, 15) is 23.5 Å². The van der Waals surface area contributed by atoms with E-state index in [1.54, 1.807) is 19.1 Å². The molecule has 0 saturated carbocycles. The van der Waals surface area contributed by atoms with Crippen LogP contribution < -0.4 is 11.1 Å². The Kier molecular flexibility index (Phi) is 7.18. The topological polar surface area (TPSA) is 138 Å². The number of carboxylic acid groups (broad SMARTS) is 1. The molecule has 2 aromatic heterocycles. The quantitative estimate of drug-likeness (QED) is 0.338. The van der Waals surface area contributed by atoms with Crippen LogP contribution in [0, 0.1) is 18.6 Å². The lowest BCUT2D eigenvalue weighted by Gasteiger charge is -2.36. The van der Waals surface area contributed by atoms with Gasteiger partial charge in [0.25, 0.3) is 5.91 Å². The Bertz CT molecular complexity index is 1340. The van der Waals surface area contributed by atoms with E-state index >= 15 is 0 Å². The molecule has 0 unspecified atom stereocenters. The number of amides is 2. The highest BCUT2D eigenvalue weighted by Crippen LogP contribution is 2.40. The van der Waals surface area contributed by atoms with E-state index in [4.69, 9.17) is 15.6 Å². The van der Waals surface area contributed by atoms with E-state index in [0.717, 1.165) is 29.0 Å². The molecule has 3 aromatic rings. The fourth-order valence-electron chi connectivity index (χ4n) is 3.79. The second kappa shape index (κ2) is 10.0. The molecule has 5 N–H and O–H groups in total. The minimum Gasteiger partial charge on any atom is -0.465 e. The number of nitrogens with one attached hydrogen (secondary N) is 1. The molecule has 1 aliphatic rings. The number of thiophene rings is 1. The zero-order valence-electron chi connectivity index (χ0n) is 20.3. The lowest BCUT2D eigenvalue weighted by Crippen LogP contribution is -2.54. The third-order valence-electron chi connectivity index (χ3n) is 6.02. The first kappa shape index (κ1) is 26.5. The maximum Gasteiger partial charge on any atom is 0.407 e. The molecule has 4 rings (SSSR count). The SMILES string of the molecule is Cc1nc(Nc2sc(-c3c(F)cc(C(C)(C)O)cc3F)cc2C(N)=O)ccc1COC1CN(C(=O)O)C1. The number of nitrogens with zero attached hydrogens (tertiary/aromatic N) is 2. The zero-order chi connectivity index (χ0) is 27.1. The van der Waals surface area contributed by atoms with E-state index in [0.29, 0.717) is 24.6 Å². The highest BCUT2D eigenvalue weighted by atomic mass is 32.1. The average Bonchev–Trinajstić information content (AvgIpc) is 3.16. The van der Waals surface area contributed by atoms with Gasteiger partial charge in [0.2, 0.25) is 0 Å². The predicted molar refractivity (Wildman–Crippen MR) is 134 cm³/mol. The number of aliphatic hydroxyl groups is 1. The molecule has 12 heteroatoms. The van der Waals surface area contributed by atoms with Crippen molar-refractivity contribution in [2.24, 2.45) is 5.73 Å². The lowest BCUT2D eigenvalue weighted by atomic mass is 9.96. The van der Waals surface area contributed by atoms with Gasteiger partial charge in [-0.2, -0.15) is 0 Å². The first-order valence-corrected chi connectivity index (χ1v) is 12.1. The normalized spacial score (nSPS) is 13.9. The summed E-state index contributed by atoms with van der Waals surface area (Å²) in [4.78, 5) is 28.8. The minimum absolute atomic E-state index is 0.0465. The monoisotopic (exact) mass is 532 g/mol. The van der Waals surface area contributed by atoms with Crippen molar-refractivity contribution in [3.63, 3.8) is 0 Å². The van der Waals surface area contributed by atoms with Gasteiger partial charge in [0.15, 0.2) is 0 Å². The van der Waals surface area contributed by atoms with Gasteiger partial charge in [-0.3, -0.25) is 4.79 Å². The van der Waals surface area contributed by atoms with Crippen LogP contribution in [0.1, 0.15) is 41.0 Å². The molecular formula is C25H26F2N4O5S. The van der Waals surface area contributed by atoms with Gasteiger partial charge in [0, 0.05) is 10.6 Å². The summed E-state index contributed by atoms with van der Waals surface area (Å²) < 4.78 is 35.5. The van der Waals surface area contributed by atoms with Crippen LogP contribution in [0.4, 0.5) is 24.4 Å². The predicted octanol–water partition coefficient (Wildman–Crippen LogP) is 4.35. The summed E-state index contributed by atoms with van der Waals surface area (Å²) in [7, 11) is 0. The van der Waals surface area contributed by atoms with Crippen LogP contribution in [-0.2, 0) is 16.9 Å². The van der Waals surface area contributed by atoms with E-state index in [-0.39, 0.29) is 39.3 Å². The Morgan fingerprint density at radius 2 is 1.89 bits per heavy atom. The summed E-state index contributed by atoms with van der Waals surface area (Å²) in [5.41, 5.74) is 5.33. The highest BCUT2D eigenvalue weighted by molar-refractivity contribution is 7.20. The summed E-state index contributed by atoms with van der Waals surface area (Å²) in [5.74, 6) is -2.15. The van der Waals surface area contributed by atoms with E-state index in [2.05, 4.69) is 10.3 Å². The Hall–Kier alpha value is -3.61. The van der Waals surface area contributed by atoms with Crippen molar-refractivity contribution in [2.45, 2.75) is 39.1 Å². The van der Waals surface area contributed by atoms with Gasteiger partial charge in [0.1, 0.15) is 22.5 Å². The van der Waals surface area contributed by atoms with Gasteiger partial charge < -0.3 is 30.9 Å². The molecule has 1 saturated heterocycles. The Morgan fingerprint density at radius 1 is 1.24 bits per heavy atom. The molecule has 2 amide bonds. The number of ether oxygens (including phenoxy) is 1. The first-order valence-electron chi connectivity index (χ1n) is 11.3.